The number of amides is 1. The molecule has 1 saturated carbocycles. The highest BCUT2D eigenvalue weighted by atomic mass is 35.5. The molecule has 1 aromatic heterocycles. The molecule has 0 bridgehead atoms. The third kappa shape index (κ3) is 4.43. The number of hydrogen-bond acceptors (Lipinski definition) is 4. The van der Waals surface area contributed by atoms with Crippen LogP contribution in [0.2, 0.25) is 5.02 Å². The molecule has 1 aliphatic rings. The predicted molar refractivity (Wildman–Crippen MR) is 92.3 cm³/mol. The molecule has 9 heteroatoms. The maximum absolute atomic E-state index is 12.8. The Bertz CT molecular complexity index is 790. The van der Waals surface area contributed by atoms with Crippen LogP contribution < -0.4 is 10.6 Å². The van der Waals surface area contributed by atoms with Crippen LogP contribution in [0.15, 0.2) is 30.3 Å². The molecule has 3 rings (SSSR count). The number of anilines is 2. The lowest BCUT2D eigenvalue weighted by molar-refractivity contribution is -0.137. The normalized spacial score (nSPS) is 15.1. The summed E-state index contributed by atoms with van der Waals surface area (Å²) in [5, 5.41) is 13.4. The van der Waals surface area contributed by atoms with Crippen LogP contribution in [0, 0.1) is 0 Å². The van der Waals surface area contributed by atoms with E-state index in [0.29, 0.717) is 11.9 Å². The average Bonchev–Trinajstić information content (AvgIpc) is 3.09. The second kappa shape index (κ2) is 7.49. The van der Waals surface area contributed by atoms with Gasteiger partial charge in [0.1, 0.15) is 5.82 Å². The van der Waals surface area contributed by atoms with Crippen LogP contribution in [-0.2, 0) is 6.18 Å². The minimum Gasteiger partial charge on any atom is -0.366 e. The first kappa shape index (κ1) is 18.4. The van der Waals surface area contributed by atoms with Gasteiger partial charge in [-0.1, -0.05) is 24.4 Å². The van der Waals surface area contributed by atoms with Crippen LogP contribution in [0.3, 0.4) is 0 Å². The molecule has 138 valence electrons. The number of nitrogens with one attached hydrogen (secondary N) is 2. The number of alkyl halides is 3. The zero-order chi connectivity index (χ0) is 18.7. The monoisotopic (exact) mass is 384 g/mol. The van der Waals surface area contributed by atoms with Crippen LogP contribution in [0.1, 0.15) is 41.7 Å². The quantitative estimate of drug-likeness (QED) is 0.797. The fraction of sp³-hybridized carbons (Fsp3) is 0.353. The first-order valence-electron chi connectivity index (χ1n) is 8.11. The fourth-order valence-electron chi connectivity index (χ4n) is 2.79. The van der Waals surface area contributed by atoms with Crippen molar-refractivity contribution in [3.05, 3.63) is 46.6 Å². The molecule has 0 aliphatic heterocycles. The average molecular weight is 385 g/mol. The fourth-order valence-corrected chi connectivity index (χ4v) is 2.96. The number of aromatic nitrogens is 2. The van der Waals surface area contributed by atoms with Crippen LogP contribution in [0.4, 0.5) is 24.7 Å². The Balaban J connectivity index is 1.69. The molecule has 0 unspecified atom stereocenters. The van der Waals surface area contributed by atoms with Gasteiger partial charge in [-0.15, -0.1) is 10.2 Å². The molecule has 0 radical (unpaired) electrons. The van der Waals surface area contributed by atoms with Crippen molar-refractivity contribution in [1.29, 1.82) is 0 Å². The number of rotatable bonds is 4. The van der Waals surface area contributed by atoms with Crippen LogP contribution in [0.25, 0.3) is 0 Å². The van der Waals surface area contributed by atoms with Gasteiger partial charge in [0.2, 0.25) is 0 Å². The van der Waals surface area contributed by atoms with Gasteiger partial charge in [-0.2, -0.15) is 13.2 Å². The van der Waals surface area contributed by atoms with Crippen molar-refractivity contribution >= 4 is 29.0 Å². The van der Waals surface area contributed by atoms with Crippen molar-refractivity contribution in [3.63, 3.8) is 0 Å². The van der Waals surface area contributed by atoms with E-state index in [-0.39, 0.29) is 16.4 Å². The van der Waals surface area contributed by atoms with E-state index >= 15 is 0 Å². The molecule has 0 spiro atoms. The molecule has 0 atom stereocenters. The highest BCUT2D eigenvalue weighted by Crippen LogP contribution is 2.34. The van der Waals surface area contributed by atoms with Gasteiger partial charge in [0.05, 0.1) is 16.3 Å². The van der Waals surface area contributed by atoms with Gasteiger partial charge in [0.25, 0.3) is 5.91 Å². The Morgan fingerprint density at radius 2 is 1.85 bits per heavy atom. The van der Waals surface area contributed by atoms with Gasteiger partial charge in [-0.05, 0) is 43.2 Å². The molecule has 1 amide bonds. The number of carbonyl (C=O) groups is 1. The second-order valence-corrected chi connectivity index (χ2v) is 6.48. The van der Waals surface area contributed by atoms with Crippen LogP contribution in [0.5, 0.6) is 0 Å². The second-order valence-electron chi connectivity index (χ2n) is 6.08. The van der Waals surface area contributed by atoms with E-state index in [0.717, 1.165) is 31.0 Å². The van der Waals surface area contributed by atoms with Crippen molar-refractivity contribution in [2.45, 2.75) is 37.9 Å². The van der Waals surface area contributed by atoms with Crippen molar-refractivity contribution in [3.8, 4) is 0 Å². The molecular weight excluding hydrogens is 369 g/mol. The lowest BCUT2D eigenvalue weighted by Crippen LogP contribution is -2.18. The molecule has 2 N–H and O–H groups in total. The van der Waals surface area contributed by atoms with E-state index in [4.69, 9.17) is 11.6 Å². The largest absolute Gasteiger partial charge is 0.416 e. The summed E-state index contributed by atoms with van der Waals surface area (Å²) in [7, 11) is 0. The Kier molecular flexibility index (Phi) is 5.31. The summed E-state index contributed by atoms with van der Waals surface area (Å²) >= 11 is 5.87. The van der Waals surface area contributed by atoms with Gasteiger partial charge in [-0.3, -0.25) is 4.79 Å². The molecule has 0 saturated heterocycles. The third-order valence-electron chi connectivity index (χ3n) is 4.15. The number of halogens is 4. The summed E-state index contributed by atoms with van der Waals surface area (Å²) in [6.07, 6.45) is -0.0555. The molecule has 1 aliphatic carbocycles. The zero-order valence-electron chi connectivity index (χ0n) is 13.6. The standard InChI is InChI=1S/C17H16ClF3N4O/c18-12-6-5-10(17(19,20)21)9-14(12)23-16(26)13-7-8-15(25-24-13)22-11-3-1-2-4-11/h5-9,11H,1-4H2,(H,22,25)(H,23,26). The van der Waals surface area contributed by atoms with E-state index in [1.54, 1.807) is 6.07 Å². The maximum Gasteiger partial charge on any atom is 0.416 e. The molecule has 1 heterocycles. The van der Waals surface area contributed by atoms with E-state index < -0.39 is 17.6 Å². The lowest BCUT2D eigenvalue weighted by Gasteiger charge is -2.13. The Morgan fingerprint density at radius 3 is 2.46 bits per heavy atom. The molecule has 1 aromatic carbocycles. The topological polar surface area (TPSA) is 66.9 Å². The van der Waals surface area contributed by atoms with Gasteiger partial charge in [0.15, 0.2) is 5.69 Å². The molecule has 5 nitrogen and oxygen atoms in total. The number of nitrogens with zero attached hydrogens (tertiary/aromatic N) is 2. The minimum absolute atomic E-state index is 0.00108. The van der Waals surface area contributed by atoms with E-state index in [2.05, 4.69) is 20.8 Å². The smallest absolute Gasteiger partial charge is 0.366 e. The molecule has 2 aromatic rings. The summed E-state index contributed by atoms with van der Waals surface area (Å²) in [5.74, 6) is -0.128. The zero-order valence-corrected chi connectivity index (χ0v) is 14.4. The molecular formula is C17H16ClF3N4O. The summed E-state index contributed by atoms with van der Waals surface area (Å²) in [4.78, 5) is 12.2. The minimum atomic E-state index is -4.53. The van der Waals surface area contributed by atoms with Crippen LogP contribution >= 0.6 is 11.6 Å². The van der Waals surface area contributed by atoms with E-state index in [1.807, 2.05) is 0 Å². The highest BCUT2D eigenvalue weighted by molar-refractivity contribution is 6.33. The third-order valence-corrected chi connectivity index (χ3v) is 4.48. The number of benzene rings is 1. The first-order valence-corrected chi connectivity index (χ1v) is 8.49. The summed E-state index contributed by atoms with van der Waals surface area (Å²) in [6.45, 7) is 0. The number of hydrogen-bond donors (Lipinski definition) is 2. The Morgan fingerprint density at radius 1 is 1.12 bits per heavy atom. The SMILES string of the molecule is O=C(Nc1cc(C(F)(F)F)ccc1Cl)c1ccc(NC2CCCC2)nn1. The van der Waals surface area contributed by atoms with Gasteiger partial charge in [-0.25, -0.2) is 0 Å². The van der Waals surface area contributed by atoms with E-state index in [9.17, 15) is 18.0 Å². The van der Waals surface area contributed by atoms with Gasteiger partial charge >= 0.3 is 6.18 Å². The maximum atomic E-state index is 12.8. The van der Waals surface area contributed by atoms with Crippen molar-refractivity contribution in [1.82, 2.24) is 10.2 Å². The molecule has 26 heavy (non-hydrogen) atoms. The van der Waals surface area contributed by atoms with Gasteiger partial charge in [0, 0.05) is 6.04 Å². The summed E-state index contributed by atoms with van der Waals surface area (Å²) in [5.41, 5.74) is -1.06. The van der Waals surface area contributed by atoms with E-state index in [1.165, 1.54) is 18.9 Å². The summed E-state index contributed by atoms with van der Waals surface area (Å²) in [6, 6.07) is 6.15. The predicted octanol–water partition coefficient (Wildman–Crippen LogP) is 4.76. The lowest BCUT2D eigenvalue weighted by atomic mass is 10.2. The molecule has 1 fully saturated rings. The Hall–Kier alpha value is -2.35. The summed E-state index contributed by atoms with van der Waals surface area (Å²) < 4.78 is 38.4. The van der Waals surface area contributed by atoms with Crippen molar-refractivity contribution in [2.75, 3.05) is 10.6 Å². The number of carbonyl (C=O) groups excluding carboxylic acids is 1. The highest BCUT2D eigenvalue weighted by Gasteiger charge is 2.31. The first-order chi connectivity index (χ1) is 12.3. The Labute approximate surface area is 153 Å². The van der Waals surface area contributed by atoms with Crippen molar-refractivity contribution < 1.29 is 18.0 Å². The van der Waals surface area contributed by atoms with Gasteiger partial charge < -0.3 is 10.6 Å². The van der Waals surface area contributed by atoms with Crippen molar-refractivity contribution in [2.24, 2.45) is 0 Å². The van der Waals surface area contributed by atoms with Crippen LogP contribution in [-0.4, -0.2) is 22.1 Å².